The predicted octanol–water partition coefficient (Wildman–Crippen LogP) is 4.83. The van der Waals surface area contributed by atoms with E-state index in [2.05, 4.69) is 36.2 Å². The molecule has 28 heavy (non-hydrogen) atoms. The summed E-state index contributed by atoms with van der Waals surface area (Å²) in [6.07, 6.45) is 9.61. The van der Waals surface area contributed by atoms with Gasteiger partial charge in [0.15, 0.2) is 0 Å². The smallest absolute Gasteiger partial charge is 0.228 e. The highest BCUT2D eigenvalue weighted by Gasteiger charge is 2.44. The Morgan fingerprint density at radius 3 is 2.50 bits per heavy atom. The van der Waals surface area contributed by atoms with E-state index in [1.54, 1.807) is 0 Å². The molecule has 1 aliphatic heterocycles. The predicted molar refractivity (Wildman–Crippen MR) is 115 cm³/mol. The molecule has 3 aliphatic rings. The normalized spacial score (nSPS) is 29.8. The Morgan fingerprint density at radius 1 is 1.04 bits per heavy atom. The van der Waals surface area contributed by atoms with E-state index >= 15 is 0 Å². The number of hydrogen-bond acceptors (Lipinski definition) is 2. The first-order valence-electron chi connectivity index (χ1n) is 11.7. The number of fused-ring (bicyclic) bond motifs is 1. The third-order valence-electron chi connectivity index (χ3n) is 7.61. The average Bonchev–Trinajstić information content (AvgIpc) is 3.24. The maximum absolute atomic E-state index is 13.2. The van der Waals surface area contributed by atoms with Crippen LogP contribution in [0.1, 0.15) is 70.3 Å². The second kappa shape index (κ2) is 8.98. The lowest BCUT2D eigenvalue weighted by Gasteiger charge is -2.29. The SMILES string of the molecule is CC(C)C(C(=O)N[C@H]1CC[C@@H]2CN(CC3CCCCC3)C[C@@H]21)c1ccccc1. The lowest BCUT2D eigenvalue weighted by molar-refractivity contribution is -0.124. The van der Waals surface area contributed by atoms with E-state index in [1.807, 2.05) is 18.2 Å². The Kier molecular flexibility index (Phi) is 6.40. The number of nitrogens with one attached hydrogen (secondary N) is 1. The van der Waals surface area contributed by atoms with Crippen LogP contribution in [0.25, 0.3) is 0 Å². The van der Waals surface area contributed by atoms with E-state index < -0.39 is 0 Å². The molecule has 3 heteroatoms. The van der Waals surface area contributed by atoms with Gasteiger partial charge in [-0.25, -0.2) is 0 Å². The van der Waals surface area contributed by atoms with Crippen LogP contribution in [0.2, 0.25) is 0 Å². The van der Waals surface area contributed by atoms with E-state index in [1.165, 1.54) is 58.2 Å². The molecule has 4 atom stereocenters. The molecule has 3 nitrogen and oxygen atoms in total. The Morgan fingerprint density at radius 2 is 1.79 bits per heavy atom. The van der Waals surface area contributed by atoms with Crippen LogP contribution < -0.4 is 5.32 Å². The summed E-state index contributed by atoms with van der Waals surface area (Å²) in [6, 6.07) is 10.7. The molecule has 1 amide bonds. The zero-order valence-corrected chi connectivity index (χ0v) is 17.8. The van der Waals surface area contributed by atoms with Crippen molar-refractivity contribution in [1.82, 2.24) is 10.2 Å². The number of hydrogen-bond donors (Lipinski definition) is 1. The van der Waals surface area contributed by atoms with Gasteiger partial charge in [-0.15, -0.1) is 0 Å². The highest BCUT2D eigenvalue weighted by atomic mass is 16.2. The Labute approximate surface area is 171 Å². The fraction of sp³-hybridized carbons (Fsp3) is 0.720. The highest BCUT2D eigenvalue weighted by Crippen LogP contribution is 2.39. The quantitative estimate of drug-likeness (QED) is 0.764. The van der Waals surface area contributed by atoms with Gasteiger partial charge in [-0.1, -0.05) is 63.4 Å². The monoisotopic (exact) mass is 382 g/mol. The van der Waals surface area contributed by atoms with Crippen LogP contribution in [0, 0.1) is 23.7 Å². The number of carbonyl (C=O) groups is 1. The van der Waals surface area contributed by atoms with Gasteiger partial charge in [-0.2, -0.15) is 0 Å². The minimum atomic E-state index is -0.0417. The fourth-order valence-electron chi connectivity index (χ4n) is 6.19. The fourth-order valence-corrected chi connectivity index (χ4v) is 6.19. The largest absolute Gasteiger partial charge is 0.352 e. The van der Waals surface area contributed by atoms with E-state index in [-0.39, 0.29) is 11.8 Å². The second-order valence-corrected chi connectivity index (χ2v) is 9.97. The van der Waals surface area contributed by atoms with Gasteiger partial charge in [0.05, 0.1) is 5.92 Å². The first kappa shape index (κ1) is 19.9. The zero-order chi connectivity index (χ0) is 19.5. The number of amides is 1. The second-order valence-electron chi connectivity index (χ2n) is 9.97. The molecule has 154 valence electrons. The number of likely N-dealkylation sites (tertiary alicyclic amines) is 1. The molecule has 4 rings (SSSR count). The molecular formula is C25H38N2O. The first-order chi connectivity index (χ1) is 13.6. The van der Waals surface area contributed by atoms with Gasteiger partial charge in [-0.3, -0.25) is 4.79 Å². The van der Waals surface area contributed by atoms with Crippen molar-refractivity contribution < 1.29 is 4.79 Å². The van der Waals surface area contributed by atoms with Crippen LogP contribution in [-0.4, -0.2) is 36.5 Å². The Balaban J connectivity index is 1.35. The van der Waals surface area contributed by atoms with Gasteiger partial charge < -0.3 is 10.2 Å². The molecule has 3 fully saturated rings. The molecule has 1 heterocycles. The maximum atomic E-state index is 13.2. The highest BCUT2D eigenvalue weighted by molar-refractivity contribution is 5.84. The van der Waals surface area contributed by atoms with Gasteiger partial charge in [0.1, 0.15) is 0 Å². The molecule has 2 saturated carbocycles. The van der Waals surface area contributed by atoms with Gasteiger partial charge in [0, 0.05) is 25.7 Å². The molecule has 1 unspecified atom stereocenters. The minimum Gasteiger partial charge on any atom is -0.352 e. The number of nitrogens with zero attached hydrogens (tertiary/aromatic N) is 1. The molecule has 1 saturated heterocycles. The Hall–Kier alpha value is -1.35. The van der Waals surface area contributed by atoms with E-state index in [0.29, 0.717) is 17.9 Å². The molecule has 1 aromatic carbocycles. The van der Waals surface area contributed by atoms with Crippen molar-refractivity contribution in [2.75, 3.05) is 19.6 Å². The molecular weight excluding hydrogens is 344 g/mol. The third kappa shape index (κ3) is 4.45. The third-order valence-corrected chi connectivity index (χ3v) is 7.61. The molecule has 0 radical (unpaired) electrons. The van der Waals surface area contributed by atoms with Gasteiger partial charge in [0.2, 0.25) is 5.91 Å². The summed E-state index contributed by atoms with van der Waals surface area (Å²) in [4.78, 5) is 15.9. The van der Waals surface area contributed by atoms with Crippen molar-refractivity contribution in [3.63, 3.8) is 0 Å². The number of carbonyl (C=O) groups excluding carboxylic acids is 1. The van der Waals surface area contributed by atoms with Crippen molar-refractivity contribution in [2.24, 2.45) is 23.7 Å². The van der Waals surface area contributed by atoms with Gasteiger partial charge in [-0.05, 0) is 54.9 Å². The lowest BCUT2D eigenvalue weighted by atomic mass is 9.87. The summed E-state index contributed by atoms with van der Waals surface area (Å²) in [5, 5.41) is 3.49. The summed E-state index contributed by atoms with van der Waals surface area (Å²) in [6.45, 7) is 8.09. The van der Waals surface area contributed by atoms with Crippen molar-refractivity contribution in [3.8, 4) is 0 Å². The molecule has 2 aliphatic carbocycles. The summed E-state index contributed by atoms with van der Waals surface area (Å²) in [5.74, 6) is 2.88. The lowest BCUT2D eigenvalue weighted by Crippen LogP contribution is -2.43. The number of rotatable bonds is 6. The summed E-state index contributed by atoms with van der Waals surface area (Å²) in [7, 11) is 0. The maximum Gasteiger partial charge on any atom is 0.228 e. The van der Waals surface area contributed by atoms with E-state index in [4.69, 9.17) is 0 Å². The zero-order valence-electron chi connectivity index (χ0n) is 17.8. The molecule has 0 aromatic heterocycles. The van der Waals surface area contributed by atoms with Crippen LogP contribution >= 0.6 is 0 Å². The molecule has 0 spiro atoms. The van der Waals surface area contributed by atoms with Crippen molar-refractivity contribution >= 4 is 5.91 Å². The summed E-state index contributed by atoms with van der Waals surface area (Å²) in [5.41, 5.74) is 1.15. The average molecular weight is 383 g/mol. The summed E-state index contributed by atoms with van der Waals surface area (Å²) >= 11 is 0. The first-order valence-corrected chi connectivity index (χ1v) is 11.7. The Bertz CT molecular complexity index is 637. The standard InChI is InChI=1S/C25H38N2O/c1-18(2)24(20-11-7-4-8-12-20)25(28)26-23-14-13-21-16-27(17-22(21)23)15-19-9-5-3-6-10-19/h4,7-8,11-12,18-19,21-24H,3,5-6,9-10,13-17H2,1-2H3,(H,26,28)/t21-,22+,23+,24?/m1/s1. The van der Waals surface area contributed by atoms with Crippen LogP contribution in [-0.2, 0) is 4.79 Å². The minimum absolute atomic E-state index is 0.0417. The van der Waals surface area contributed by atoms with Crippen molar-refractivity contribution in [1.29, 1.82) is 0 Å². The van der Waals surface area contributed by atoms with Crippen molar-refractivity contribution in [2.45, 2.75) is 70.8 Å². The van der Waals surface area contributed by atoms with Crippen LogP contribution in [0.4, 0.5) is 0 Å². The van der Waals surface area contributed by atoms with Crippen LogP contribution in [0.5, 0.6) is 0 Å². The van der Waals surface area contributed by atoms with E-state index in [9.17, 15) is 4.79 Å². The van der Waals surface area contributed by atoms with Crippen LogP contribution in [0.3, 0.4) is 0 Å². The summed E-state index contributed by atoms with van der Waals surface area (Å²) < 4.78 is 0. The molecule has 0 bridgehead atoms. The van der Waals surface area contributed by atoms with Crippen molar-refractivity contribution in [3.05, 3.63) is 35.9 Å². The van der Waals surface area contributed by atoms with Gasteiger partial charge >= 0.3 is 0 Å². The topological polar surface area (TPSA) is 32.3 Å². The van der Waals surface area contributed by atoms with Gasteiger partial charge in [0.25, 0.3) is 0 Å². The molecule has 1 N–H and O–H groups in total. The molecule has 1 aromatic rings. The van der Waals surface area contributed by atoms with Crippen LogP contribution in [0.15, 0.2) is 30.3 Å². The number of benzene rings is 1. The van der Waals surface area contributed by atoms with E-state index in [0.717, 1.165) is 23.8 Å².